The van der Waals surface area contributed by atoms with Crippen LogP contribution < -0.4 is 10.1 Å². The zero-order valence-electron chi connectivity index (χ0n) is 14.5. The molecule has 0 spiro atoms. The number of hydrogen-bond acceptors (Lipinski definition) is 4. The Morgan fingerprint density at radius 3 is 2.64 bits per heavy atom. The van der Waals surface area contributed by atoms with Crippen molar-refractivity contribution in [2.24, 2.45) is 0 Å². The molecule has 134 valence electrons. The van der Waals surface area contributed by atoms with E-state index in [-0.39, 0.29) is 36.4 Å². The Morgan fingerprint density at radius 2 is 1.96 bits per heavy atom. The molecule has 3 rings (SSSR count). The first-order chi connectivity index (χ1) is 12.0. The predicted molar refractivity (Wildman–Crippen MR) is 90.8 cm³/mol. The van der Waals surface area contributed by atoms with Crippen LogP contribution in [0.2, 0.25) is 0 Å². The number of benzene rings is 1. The number of piperazine rings is 1. The number of nitrogens with one attached hydrogen (secondary N) is 1. The highest BCUT2D eigenvalue weighted by Gasteiger charge is 2.45. The minimum atomic E-state index is -0.515. The van der Waals surface area contributed by atoms with Gasteiger partial charge in [-0.1, -0.05) is 18.2 Å². The molecule has 2 aliphatic heterocycles. The highest BCUT2D eigenvalue weighted by atomic mass is 16.5. The normalized spacial score (nSPS) is 25.5. The fourth-order valence-corrected chi connectivity index (χ4v) is 3.57. The number of para-hydroxylation sites is 1. The first-order valence-corrected chi connectivity index (χ1v) is 8.50. The molecule has 1 N–H and O–H groups in total. The molecule has 0 aliphatic carbocycles. The summed E-state index contributed by atoms with van der Waals surface area (Å²) in [5, 5.41) is 2.86. The number of ether oxygens (including phenoxy) is 1. The van der Waals surface area contributed by atoms with E-state index >= 15 is 0 Å². The summed E-state index contributed by atoms with van der Waals surface area (Å²) in [5.41, 5.74) is 0. The summed E-state index contributed by atoms with van der Waals surface area (Å²) in [6.45, 7) is 4.10. The van der Waals surface area contributed by atoms with Crippen LogP contribution in [0.3, 0.4) is 0 Å². The van der Waals surface area contributed by atoms with Crippen LogP contribution in [0.1, 0.15) is 20.3 Å². The van der Waals surface area contributed by atoms with Gasteiger partial charge in [0.25, 0.3) is 5.91 Å². The highest BCUT2D eigenvalue weighted by molar-refractivity contribution is 5.89. The van der Waals surface area contributed by atoms with Crippen molar-refractivity contribution in [3.05, 3.63) is 30.3 Å². The summed E-state index contributed by atoms with van der Waals surface area (Å²) in [4.78, 5) is 39.8. The van der Waals surface area contributed by atoms with Gasteiger partial charge in [0.15, 0.2) is 6.61 Å². The lowest BCUT2D eigenvalue weighted by Gasteiger charge is -2.41. The first kappa shape index (κ1) is 17.3. The van der Waals surface area contributed by atoms with Gasteiger partial charge in [0.2, 0.25) is 11.8 Å². The van der Waals surface area contributed by atoms with Gasteiger partial charge in [-0.15, -0.1) is 0 Å². The molecule has 0 radical (unpaired) electrons. The van der Waals surface area contributed by atoms with E-state index in [4.69, 9.17) is 4.74 Å². The monoisotopic (exact) mass is 345 g/mol. The largest absolute Gasteiger partial charge is 0.484 e. The van der Waals surface area contributed by atoms with Crippen molar-refractivity contribution in [1.29, 1.82) is 0 Å². The highest BCUT2D eigenvalue weighted by Crippen LogP contribution is 2.26. The number of carbonyl (C=O) groups is 3. The zero-order valence-corrected chi connectivity index (χ0v) is 14.5. The van der Waals surface area contributed by atoms with E-state index in [0.717, 1.165) is 0 Å². The first-order valence-electron chi connectivity index (χ1n) is 8.50. The van der Waals surface area contributed by atoms with Crippen LogP contribution in [0.15, 0.2) is 30.3 Å². The van der Waals surface area contributed by atoms with Crippen molar-refractivity contribution in [3.63, 3.8) is 0 Å². The van der Waals surface area contributed by atoms with Gasteiger partial charge in [0.05, 0.1) is 6.04 Å². The van der Waals surface area contributed by atoms with E-state index in [1.165, 1.54) is 6.92 Å². The maximum absolute atomic E-state index is 12.6. The summed E-state index contributed by atoms with van der Waals surface area (Å²) in [6, 6.07) is 8.51. The maximum Gasteiger partial charge on any atom is 0.261 e. The number of hydrogen-bond donors (Lipinski definition) is 1. The molecule has 0 aromatic heterocycles. The molecule has 7 heteroatoms. The molecule has 1 aromatic carbocycles. The molecule has 3 unspecified atom stereocenters. The summed E-state index contributed by atoms with van der Waals surface area (Å²) in [7, 11) is 0. The van der Waals surface area contributed by atoms with Gasteiger partial charge in [-0.3, -0.25) is 14.4 Å². The van der Waals surface area contributed by atoms with Crippen LogP contribution in [0.5, 0.6) is 5.75 Å². The van der Waals surface area contributed by atoms with Crippen molar-refractivity contribution in [1.82, 2.24) is 15.1 Å². The van der Waals surface area contributed by atoms with E-state index in [1.807, 2.05) is 18.2 Å². The fraction of sp³-hybridized carbons (Fsp3) is 0.500. The van der Waals surface area contributed by atoms with Gasteiger partial charge in [-0.25, -0.2) is 0 Å². The number of nitrogens with zero attached hydrogens (tertiary/aromatic N) is 2. The molecule has 2 saturated heterocycles. The molecule has 2 heterocycles. The molecule has 0 bridgehead atoms. The third-order valence-electron chi connectivity index (χ3n) is 4.76. The van der Waals surface area contributed by atoms with E-state index in [0.29, 0.717) is 25.3 Å². The van der Waals surface area contributed by atoms with Gasteiger partial charge in [0, 0.05) is 26.1 Å². The minimum absolute atomic E-state index is 0.0470. The van der Waals surface area contributed by atoms with Crippen LogP contribution in [0.4, 0.5) is 0 Å². The van der Waals surface area contributed by atoms with Crippen molar-refractivity contribution in [2.75, 3.05) is 19.7 Å². The molecule has 0 saturated carbocycles. The Labute approximate surface area is 146 Å². The van der Waals surface area contributed by atoms with E-state index in [9.17, 15) is 14.4 Å². The lowest BCUT2D eigenvalue weighted by molar-refractivity contribution is -0.153. The second kappa shape index (κ2) is 7.13. The topological polar surface area (TPSA) is 79.0 Å². The molecule has 3 atom stereocenters. The lowest BCUT2D eigenvalue weighted by atomic mass is 10.1. The molecular formula is C18H23N3O4. The molecule has 1 aromatic rings. The van der Waals surface area contributed by atoms with Crippen LogP contribution in [0.25, 0.3) is 0 Å². The fourth-order valence-electron chi connectivity index (χ4n) is 3.57. The van der Waals surface area contributed by atoms with Crippen LogP contribution in [-0.2, 0) is 14.4 Å². The average molecular weight is 345 g/mol. The minimum Gasteiger partial charge on any atom is -0.484 e. The number of amides is 3. The molecule has 2 aliphatic rings. The van der Waals surface area contributed by atoms with Crippen molar-refractivity contribution < 1.29 is 19.1 Å². The molecule has 7 nitrogen and oxygen atoms in total. The van der Waals surface area contributed by atoms with Crippen LogP contribution in [0, 0.1) is 0 Å². The van der Waals surface area contributed by atoms with Gasteiger partial charge in [-0.2, -0.15) is 0 Å². The second-order valence-electron chi connectivity index (χ2n) is 6.60. The summed E-state index contributed by atoms with van der Waals surface area (Å²) in [6.07, 6.45) is 0.668. The van der Waals surface area contributed by atoms with E-state index in [1.54, 1.807) is 28.9 Å². The summed E-state index contributed by atoms with van der Waals surface area (Å²) in [5.74, 6) is 0.249. The zero-order chi connectivity index (χ0) is 18.0. The van der Waals surface area contributed by atoms with Gasteiger partial charge >= 0.3 is 0 Å². The predicted octanol–water partition coefficient (Wildman–Crippen LogP) is 0.402. The second-order valence-corrected chi connectivity index (χ2v) is 6.60. The quantitative estimate of drug-likeness (QED) is 0.857. The number of rotatable bonds is 4. The molecular weight excluding hydrogens is 322 g/mol. The van der Waals surface area contributed by atoms with Crippen LogP contribution in [-0.4, -0.2) is 65.3 Å². The third-order valence-corrected chi connectivity index (χ3v) is 4.76. The Balaban J connectivity index is 1.62. The molecule has 25 heavy (non-hydrogen) atoms. The lowest BCUT2D eigenvalue weighted by Crippen LogP contribution is -2.60. The van der Waals surface area contributed by atoms with Crippen molar-refractivity contribution >= 4 is 17.7 Å². The van der Waals surface area contributed by atoms with E-state index < -0.39 is 6.04 Å². The smallest absolute Gasteiger partial charge is 0.261 e. The maximum atomic E-state index is 12.6. The van der Waals surface area contributed by atoms with E-state index in [2.05, 4.69) is 5.32 Å². The molecule has 2 fully saturated rings. The SMILES string of the molecule is CC(=O)NC1CC2CN(C(=O)COc3ccccc3)C(C)C(=O)N2C1. The Kier molecular flexibility index (Phi) is 4.92. The Hall–Kier alpha value is -2.57. The third kappa shape index (κ3) is 3.75. The van der Waals surface area contributed by atoms with Crippen molar-refractivity contribution in [2.45, 2.75) is 38.4 Å². The van der Waals surface area contributed by atoms with Gasteiger partial charge in [0.1, 0.15) is 11.8 Å². The summed E-state index contributed by atoms with van der Waals surface area (Å²) < 4.78 is 5.52. The average Bonchev–Trinajstić information content (AvgIpc) is 2.99. The molecule has 3 amide bonds. The number of fused-ring (bicyclic) bond motifs is 1. The number of carbonyl (C=O) groups excluding carboxylic acids is 3. The van der Waals surface area contributed by atoms with Crippen LogP contribution >= 0.6 is 0 Å². The van der Waals surface area contributed by atoms with Gasteiger partial charge in [-0.05, 0) is 25.5 Å². The summed E-state index contributed by atoms with van der Waals surface area (Å²) >= 11 is 0. The standard InChI is InChI=1S/C18H23N3O4/c1-12-18(24)21-9-14(19-13(2)22)8-15(21)10-20(12)17(23)11-25-16-6-4-3-5-7-16/h3-7,12,14-15H,8-11H2,1-2H3,(H,19,22). The van der Waals surface area contributed by atoms with Crippen molar-refractivity contribution in [3.8, 4) is 5.75 Å². The Morgan fingerprint density at radius 1 is 1.24 bits per heavy atom. The Bertz CT molecular complexity index is 664. The van der Waals surface area contributed by atoms with Gasteiger partial charge < -0.3 is 19.9 Å².